The van der Waals surface area contributed by atoms with Gasteiger partial charge in [-0.1, -0.05) is 18.7 Å². The SMILES string of the molecule is CC1CN=C(NC(C)C23CC4CC(CC(C4)C2)C3)S1. The van der Waals surface area contributed by atoms with Crippen LogP contribution in [0.3, 0.4) is 0 Å². The molecule has 0 aromatic carbocycles. The lowest BCUT2D eigenvalue weighted by Crippen LogP contribution is -2.55. The molecule has 2 unspecified atom stereocenters. The first kappa shape index (κ1) is 12.6. The van der Waals surface area contributed by atoms with Crippen molar-refractivity contribution in [1.82, 2.24) is 5.32 Å². The van der Waals surface area contributed by atoms with Gasteiger partial charge < -0.3 is 5.32 Å². The molecule has 2 nitrogen and oxygen atoms in total. The highest BCUT2D eigenvalue weighted by molar-refractivity contribution is 8.14. The second kappa shape index (κ2) is 4.41. The van der Waals surface area contributed by atoms with Gasteiger partial charge in [0.05, 0.1) is 6.54 Å². The van der Waals surface area contributed by atoms with Gasteiger partial charge >= 0.3 is 0 Å². The van der Waals surface area contributed by atoms with Gasteiger partial charge in [-0.05, 0) is 68.6 Å². The summed E-state index contributed by atoms with van der Waals surface area (Å²) in [5.74, 6) is 3.15. The highest BCUT2D eigenvalue weighted by atomic mass is 32.2. The smallest absolute Gasteiger partial charge is 0.157 e. The van der Waals surface area contributed by atoms with Crippen molar-refractivity contribution in [2.24, 2.45) is 28.2 Å². The molecule has 0 amide bonds. The molecule has 0 aromatic rings. The fraction of sp³-hybridized carbons (Fsp3) is 0.938. The summed E-state index contributed by atoms with van der Waals surface area (Å²) in [6.07, 6.45) is 9.08. The van der Waals surface area contributed by atoms with Crippen LogP contribution in [0.2, 0.25) is 0 Å². The predicted molar refractivity (Wildman–Crippen MR) is 82.6 cm³/mol. The van der Waals surface area contributed by atoms with Crippen LogP contribution in [0.4, 0.5) is 0 Å². The molecule has 0 saturated heterocycles. The second-order valence-corrected chi connectivity index (χ2v) is 9.15. The average Bonchev–Trinajstić information content (AvgIpc) is 2.73. The molecule has 3 heteroatoms. The van der Waals surface area contributed by atoms with E-state index in [2.05, 4.69) is 24.2 Å². The van der Waals surface area contributed by atoms with E-state index in [4.69, 9.17) is 0 Å². The van der Waals surface area contributed by atoms with Crippen LogP contribution in [-0.4, -0.2) is 23.0 Å². The van der Waals surface area contributed by atoms with E-state index in [1.54, 1.807) is 0 Å². The van der Waals surface area contributed by atoms with E-state index in [0.717, 1.165) is 24.3 Å². The lowest BCUT2D eigenvalue weighted by Gasteiger charge is -2.59. The van der Waals surface area contributed by atoms with E-state index in [1.807, 2.05) is 11.8 Å². The molecular weight excluding hydrogens is 252 g/mol. The number of hydrogen-bond acceptors (Lipinski definition) is 3. The third-order valence-corrected chi connectivity index (χ3v) is 7.17. The van der Waals surface area contributed by atoms with Crippen LogP contribution in [0.25, 0.3) is 0 Å². The summed E-state index contributed by atoms with van der Waals surface area (Å²) in [4.78, 5) is 4.65. The molecule has 1 aliphatic heterocycles. The van der Waals surface area contributed by atoms with Crippen molar-refractivity contribution in [3.8, 4) is 0 Å². The van der Waals surface area contributed by atoms with E-state index >= 15 is 0 Å². The Balaban J connectivity index is 1.49. The van der Waals surface area contributed by atoms with Crippen molar-refractivity contribution in [2.45, 2.75) is 63.7 Å². The number of thioether (sulfide) groups is 1. The monoisotopic (exact) mass is 278 g/mol. The zero-order valence-corrected chi connectivity index (χ0v) is 13.0. The van der Waals surface area contributed by atoms with Gasteiger partial charge in [0, 0.05) is 11.3 Å². The van der Waals surface area contributed by atoms with E-state index in [-0.39, 0.29) is 0 Å². The number of rotatable bonds is 2. The van der Waals surface area contributed by atoms with Crippen molar-refractivity contribution < 1.29 is 0 Å². The van der Waals surface area contributed by atoms with E-state index < -0.39 is 0 Å². The Morgan fingerprint density at radius 3 is 2.21 bits per heavy atom. The molecule has 4 saturated carbocycles. The summed E-state index contributed by atoms with van der Waals surface area (Å²) in [6, 6.07) is 0.623. The van der Waals surface area contributed by atoms with Crippen molar-refractivity contribution in [1.29, 1.82) is 0 Å². The maximum atomic E-state index is 4.65. The van der Waals surface area contributed by atoms with Crippen LogP contribution in [0.15, 0.2) is 4.99 Å². The summed E-state index contributed by atoms with van der Waals surface area (Å²) in [6.45, 7) is 5.71. The Morgan fingerprint density at radius 2 is 1.74 bits per heavy atom. The molecule has 0 aromatic heterocycles. The van der Waals surface area contributed by atoms with Crippen molar-refractivity contribution in [3.05, 3.63) is 0 Å². The summed E-state index contributed by atoms with van der Waals surface area (Å²) >= 11 is 1.94. The summed E-state index contributed by atoms with van der Waals surface area (Å²) in [5.41, 5.74) is 0.601. The summed E-state index contributed by atoms with van der Waals surface area (Å²) in [7, 11) is 0. The van der Waals surface area contributed by atoms with Gasteiger partial charge in [-0.3, -0.25) is 4.99 Å². The van der Waals surface area contributed by atoms with Gasteiger partial charge in [0.1, 0.15) is 0 Å². The molecule has 4 bridgehead atoms. The molecule has 2 atom stereocenters. The second-order valence-electron chi connectivity index (χ2n) is 7.72. The molecule has 5 aliphatic rings. The molecule has 106 valence electrons. The summed E-state index contributed by atoms with van der Waals surface area (Å²) < 4.78 is 0. The van der Waals surface area contributed by atoms with Crippen LogP contribution < -0.4 is 5.32 Å². The summed E-state index contributed by atoms with van der Waals surface area (Å²) in [5, 5.41) is 5.67. The molecule has 5 rings (SSSR count). The lowest BCUT2D eigenvalue weighted by atomic mass is 9.48. The number of amidine groups is 1. The van der Waals surface area contributed by atoms with Crippen LogP contribution in [0, 0.1) is 23.2 Å². The van der Waals surface area contributed by atoms with Crippen LogP contribution in [0.5, 0.6) is 0 Å². The quantitative estimate of drug-likeness (QED) is 0.833. The minimum Gasteiger partial charge on any atom is -0.362 e. The zero-order valence-electron chi connectivity index (χ0n) is 12.2. The van der Waals surface area contributed by atoms with Gasteiger partial charge in [-0.25, -0.2) is 0 Å². The number of nitrogens with one attached hydrogen (secondary N) is 1. The average molecular weight is 278 g/mol. The molecule has 4 aliphatic carbocycles. The Kier molecular flexibility index (Phi) is 2.91. The molecule has 19 heavy (non-hydrogen) atoms. The minimum absolute atomic E-state index is 0.601. The Morgan fingerprint density at radius 1 is 1.16 bits per heavy atom. The molecule has 1 N–H and O–H groups in total. The maximum Gasteiger partial charge on any atom is 0.157 e. The highest BCUT2D eigenvalue weighted by Crippen LogP contribution is 2.61. The first-order chi connectivity index (χ1) is 9.13. The molecule has 1 heterocycles. The van der Waals surface area contributed by atoms with E-state index in [0.29, 0.717) is 16.7 Å². The lowest BCUT2D eigenvalue weighted by molar-refractivity contribution is -0.0671. The number of aliphatic imine (C=N–C) groups is 1. The normalized spacial score (nSPS) is 49.3. The Hall–Kier alpha value is -0.180. The molecule has 0 spiro atoms. The molecular formula is C16H26N2S. The molecule has 0 radical (unpaired) electrons. The van der Waals surface area contributed by atoms with Crippen LogP contribution in [-0.2, 0) is 0 Å². The molecule has 4 fully saturated rings. The Labute approximate surface area is 121 Å². The fourth-order valence-electron chi connectivity index (χ4n) is 5.60. The van der Waals surface area contributed by atoms with Crippen molar-refractivity contribution in [2.75, 3.05) is 6.54 Å². The van der Waals surface area contributed by atoms with E-state index in [1.165, 1.54) is 43.7 Å². The number of nitrogens with zero attached hydrogens (tertiary/aromatic N) is 1. The Bertz CT molecular complexity index is 368. The zero-order chi connectivity index (χ0) is 13.0. The van der Waals surface area contributed by atoms with Gasteiger partial charge in [-0.15, -0.1) is 0 Å². The third kappa shape index (κ3) is 2.12. The van der Waals surface area contributed by atoms with Crippen LogP contribution >= 0.6 is 11.8 Å². The van der Waals surface area contributed by atoms with Gasteiger partial charge in [0.25, 0.3) is 0 Å². The first-order valence-electron chi connectivity index (χ1n) is 8.10. The van der Waals surface area contributed by atoms with Gasteiger partial charge in [0.15, 0.2) is 5.17 Å². The predicted octanol–water partition coefficient (Wildman–Crippen LogP) is 3.67. The van der Waals surface area contributed by atoms with Crippen LogP contribution in [0.1, 0.15) is 52.4 Å². The number of hydrogen-bond donors (Lipinski definition) is 1. The standard InChI is InChI=1S/C16H26N2S/c1-10-9-17-15(19-10)18-11(2)16-6-12-3-13(7-16)5-14(4-12)8-16/h10-14H,3-9H2,1-2H3,(H,17,18). The topological polar surface area (TPSA) is 24.4 Å². The van der Waals surface area contributed by atoms with Crippen molar-refractivity contribution >= 4 is 16.9 Å². The highest BCUT2D eigenvalue weighted by Gasteiger charge is 2.53. The van der Waals surface area contributed by atoms with E-state index in [9.17, 15) is 0 Å². The third-order valence-electron chi connectivity index (χ3n) is 6.15. The fourth-order valence-corrected chi connectivity index (χ4v) is 6.53. The van der Waals surface area contributed by atoms with Gasteiger partial charge in [0.2, 0.25) is 0 Å². The largest absolute Gasteiger partial charge is 0.362 e. The van der Waals surface area contributed by atoms with Gasteiger partial charge in [-0.2, -0.15) is 0 Å². The minimum atomic E-state index is 0.601. The maximum absolute atomic E-state index is 4.65. The first-order valence-corrected chi connectivity index (χ1v) is 8.98. The van der Waals surface area contributed by atoms with Crippen molar-refractivity contribution in [3.63, 3.8) is 0 Å².